The van der Waals surface area contributed by atoms with E-state index in [-0.39, 0.29) is 5.75 Å². The Balaban J connectivity index is 1.62. The highest BCUT2D eigenvalue weighted by Gasteiger charge is 2.34. The van der Waals surface area contributed by atoms with Gasteiger partial charge in [-0.25, -0.2) is 13.1 Å². The predicted molar refractivity (Wildman–Crippen MR) is 69.2 cm³/mol. The molecular weight excluding hydrogens is 236 g/mol. The van der Waals surface area contributed by atoms with Crippen molar-refractivity contribution in [2.24, 2.45) is 17.8 Å². The first-order chi connectivity index (χ1) is 8.11. The fraction of sp³-hybridized carbons (Fsp3) is 0.833. The van der Waals surface area contributed by atoms with Crippen LogP contribution in [0.25, 0.3) is 0 Å². The standard InChI is InChI=1S/C12H22N2O2S/c1-2-14-17(15,16)6-5-13-9-12-8-10-3-4-11(12)7-10/h3-4,10-14H,2,5-9H2,1H3/t10-,11-,12+/m0/s1. The molecule has 0 heterocycles. The molecule has 0 spiro atoms. The van der Waals surface area contributed by atoms with Crippen molar-refractivity contribution in [3.05, 3.63) is 12.2 Å². The summed E-state index contributed by atoms with van der Waals surface area (Å²) in [6.45, 7) is 3.77. The van der Waals surface area contributed by atoms with Gasteiger partial charge in [-0.2, -0.15) is 0 Å². The zero-order chi connectivity index (χ0) is 12.3. The quantitative estimate of drug-likeness (QED) is 0.523. The Morgan fingerprint density at radius 2 is 2.12 bits per heavy atom. The fourth-order valence-corrected chi connectivity index (χ4v) is 3.91. The van der Waals surface area contributed by atoms with E-state index in [1.54, 1.807) is 6.92 Å². The van der Waals surface area contributed by atoms with Crippen molar-refractivity contribution < 1.29 is 8.42 Å². The van der Waals surface area contributed by atoms with Crippen molar-refractivity contribution in [2.75, 3.05) is 25.4 Å². The van der Waals surface area contributed by atoms with E-state index in [1.165, 1.54) is 12.8 Å². The van der Waals surface area contributed by atoms with Gasteiger partial charge in [0.2, 0.25) is 10.0 Å². The number of hydrogen-bond donors (Lipinski definition) is 2. The zero-order valence-corrected chi connectivity index (χ0v) is 11.2. The first kappa shape index (κ1) is 13.1. The molecule has 2 N–H and O–H groups in total. The van der Waals surface area contributed by atoms with Gasteiger partial charge in [-0.1, -0.05) is 19.1 Å². The molecule has 5 heteroatoms. The van der Waals surface area contributed by atoms with Gasteiger partial charge in [0, 0.05) is 13.1 Å². The van der Waals surface area contributed by atoms with Crippen LogP contribution in [0.15, 0.2) is 12.2 Å². The Kier molecular flexibility index (Phi) is 4.22. The maximum Gasteiger partial charge on any atom is 0.212 e. The van der Waals surface area contributed by atoms with Crippen LogP contribution in [-0.4, -0.2) is 33.8 Å². The summed E-state index contributed by atoms with van der Waals surface area (Å²) in [5.41, 5.74) is 0. The minimum absolute atomic E-state index is 0.178. The van der Waals surface area contributed by atoms with E-state index in [0.717, 1.165) is 18.4 Å². The Morgan fingerprint density at radius 3 is 2.71 bits per heavy atom. The second-order valence-corrected chi connectivity index (χ2v) is 6.99. The summed E-state index contributed by atoms with van der Waals surface area (Å²) in [6, 6.07) is 0. The molecule has 0 aliphatic heterocycles. The number of rotatable bonds is 7. The topological polar surface area (TPSA) is 58.2 Å². The van der Waals surface area contributed by atoms with Gasteiger partial charge in [0.1, 0.15) is 0 Å². The average Bonchev–Trinajstić information content (AvgIpc) is 2.86. The third-order valence-corrected chi connectivity index (χ3v) is 5.20. The van der Waals surface area contributed by atoms with E-state index in [0.29, 0.717) is 19.0 Å². The summed E-state index contributed by atoms with van der Waals surface area (Å²) >= 11 is 0. The van der Waals surface area contributed by atoms with Gasteiger partial charge in [0.15, 0.2) is 0 Å². The molecule has 2 rings (SSSR count). The molecule has 4 nitrogen and oxygen atoms in total. The van der Waals surface area contributed by atoms with E-state index < -0.39 is 10.0 Å². The molecule has 2 aliphatic carbocycles. The highest BCUT2D eigenvalue weighted by atomic mass is 32.2. The second kappa shape index (κ2) is 5.50. The van der Waals surface area contributed by atoms with Crippen LogP contribution >= 0.6 is 0 Å². The van der Waals surface area contributed by atoms with E-state index in [1.807, 2.05) is 0 Å². The predicted octanol–water partition coefficient (Wildman–Crippen LogP) is 0.727. The Labute approximate surface area is 104 Å². The summed E-state index contributed by atoms with van der Waals surface area (Å²) in [7, 11) is -3.06. The van der Waals surface area contributed by atoms with Crippen LogP contribution in [0.3, 0.4) is 0 Å². The molecule has 0 saturated heterocycles. The van der Waals surface area contributed by atoms with Crippen molar-refractivity contribution in [1.29, 1.82) is 0 Å². The summed E-state index contributed by atoms with van der Waals surface area (Å²) < 4.78 is 25.3. The second-order valence-electron chi connectivity index (χ2n) is 5.06. The van der Waals surface area contributed by atoms with Crippen LogP contribution in [-0.2, 0) is 10.0 Å². The number of allylic oxidation sites excluding steroid dienone is 2. The first-order valence-electron chi connectivity index (χ1n) is 6.47. The zero-order valence-electron chi connectivity index (χ0n) is 10.4. The highest BCUT2D eigenvalue weighted by molar-refractivity contribution is 7.89. The Bertz CT molecular complexity index is 378. The number of sulfonamides is 1. The normalized spacial score (nSPS) is 31.2. The molecule has 3 atom stereocenters. The SMILES string of the molecule is CCNS(=O)(=O)CCNC[C@H]1C[C@H]2C=C[C@H]1C2. The van der Waals surface area contributed by atoms with E-state index in [4.69, 9.17) is 0 Å². The summed E-state index contributed by atoms with van der Waals surface area (Å²) in [6.07, 6.45) is 7.24. The van der Waals surface area contributed by atoms with Gasteiger partial charge in [-0.15, -0.1) is 0 Å². The molecule has 0 aromatic heterocycles. The molecule has 0 radical (unpaired) electrons. The van der Waals surface area contributed by atoms with Crippen molar-refractivity contribution >= 4 is 10.0 Å². The third kappa shape index (κ3) is 3.53. The maximum atomic E-state index is 11.4. The van der Waals surface area contributed by atoms with Crippen LogP contribution in [0, 0.1) is 17.8 Å². The summed E-state index contributed by atoms with van der Waals surface area (Å²) in [5.74, 6) is 2.42. The van der Waals surface area contributed by atoms with Crippen LogP contribution < -0.4 is 10.0 Å². The molecule has 1 saturated carbocycles. The summed E-state index contributed by atoms with van der Waals surface area (Å²) in [5, 5.41) is 3.27. The van der Waals surface area contributed by atoms with Gasteiger partial charge >= 0.3 is 0 Å². The summed E-state index contributed by atoms with van der Waals surface area (Å²) in [4.78, 5) is 0. The molecule has 17 heavy (non-hydrogen) atoms. The van der Waals surface area contributed by atoms with Crippen molar-refractivity contribution in [2.45, 2.75) is 19.8 Å². The molecule has 0 unspecified atom stereocenters. The molecule has 0 aromatic carbocycles. The van der Waals surface area contributed by atoms with Gasteiger partial charge < -0.3 is 5.32 Å². The lowest BCUT2D eigenvalue weighted by atomic mass is 9.94. The van der Waals surface area contributed by atoms with Crippen LogP contribution in [0.5, 0.6) is 0 Å². The molecular formula is C12H22N2O2S. The molecule has 0 amide bonds. The lowest BCUT2D eigenvalue weighted by Gasteiger charge is -2.18. The minimum atomic E-state index is -3.06. The smallest absolute Gasteiger partial charge is 0.212 e. The van der Waals surface area contributed by atoms with Crippen molar-refractivity contribution in [3.8, 4) is 0 Å². The van der Waals surface area contributed by atoms with Crippen molar-refractivity contribution in [1.82, 2.24) is 10.0 Å². The van der Waals surface area contributed by atoms with Crippen molar-refractivity contribution in [3.63, 3.8) is 0 Å². The first-order valence-corrected chi connectivity index (χ1v) is 8.12. The van der Waals surface area contributed by atoms with Gasteiger partial charge in [0.05, 0.1) is 5.75 Å². The van der Waals surface area contributed by atoms with Gasteiger partial charge in [-0.05, 0) is 37.1 Å². The van der Waals surface area contributed by atoms with E-state index >= 15 is 0 Å². The lowest BCUT2D eigenvalue weighted by molar-refractivity contribution is 0.419. The number of fused-ring (bicyclic) bond motifs is 2. The Hall–Kier alpha value is -0.390. The molecule has 2 aliphatic rings. The van der Waals surface area contributed by atoms with Crippen LogP contribution in [0.1, 0.15) is 19.8 Å². The average molecular weight is 258 g/mol. The fourth-order valence-electron chi connectivity index (χ4n) is 2.92. The molecule has 1 fully saturated rings. The van der Waals surface area contributed by atoms with Gasteiger partial charge in [0.25, 0.3) is 0 Å². The Morgan fingerprint density at radius 1 is 1.29 bits per heavy atom. The third-order valence-electron chi connectivity index (χ3n) is 3.73. The van der Waals surface area contributed by atoms with E-state index in [9.17, 15) is 8.42 Å². The van der Waals surface area contributed by atoms with Crippen LogP contribution in [0.2, 0.25) is 0 Å². The molecule has 98 valence electrons. The maximum absolute atomic E-state index is 11.4. The van der Waals surface area contributed by atoms with Crippen LogP contribution in [0.4, 0.5) is 0 Å². The highest BCUT2D eigenvalue weighted by Crippen LogP contribution is 2.42. The lowest BCUT2D eigenvalue weighted by Crippen LogP contribution is -2.34. The molecule has 0 aromatic rings. The van der Waals surface area contributed by atoms with E-state index in [2.05, 4.69) is 22.2 Å². The number of hydrogen-bond acceptors (Lipinski definition) is 3. The van der Waals surface area contributed by atoms with Gasteiger partial charge in [-0.3, -0.25) is 0 Å². The monoisotopic (exact) mass is 258 g/mol. The molecule has 2 bridgehead atoms. The largest absolute Gasteiger partial charge is 0.315 e. The minimum Gasteiger partial charge on any atom is -0.315 e. The number of nitrogens with one attached hydrogen (secondary N) is 2.